The van der Waals surface area contributed by atoms with E-state index >= 15 is 0 Å². The molecule has 0 spiro atoms. The van der Waals surface area contributed by atoms with Crippen molar-refractivity contribution >= 4 is 11.7 Å². The maximum absolute atomic E-state index is 13.5. The first-order chi connectivity index (χ1) is 17.1. The molecule has 0 aromatic heterocycles. The third kappa shape index (κ3) is 9.97. The molecule has 9 heteroatoms. The molecule has 0 saturated heterocycles. The zero-order valence-corrected chi connectivity index (χ0v) is 22.0. The van der Waals surface area contributed by atoms with Gasteiger partial charge in [-0.05, 0) is 55.7 Å². The summed E-state index contributed by atoms with van der Waals surface area (Å²) in [6, 6.07) is 3.34. The quantitative estimate of drug-likeness (QED) is 0.249. The first-order valence-corrected chi connectivity index (χ1v) is 12.2. The van der Waals surface area contributed by atoms with Gasteiger partial charge in [-0.3, -0.25) is 9.79 Å². The van der Waals surface area contributed by atoms with E-state index in [1.165, 1.54) is 12.1 Å². The second kappa shape index (κ2) is 15.9. The summed E-state index contributed by atoms with van der Waals surface area (Å²) >= 11 is 0. The van der Waals surface area contributed by atoms with Crippen molar-refractivity contribution in [3.63, 3.8) is 0 Å². The zero-order chi connectivity index (χ0) is 27.3. The molecule has 1 unspecified atom stereocenters. The molecule has 0 heterocycles. The van der Waals surface area contributed by atoms with E-state index in [0.29, 0.717) is 25.1 Å². The minimum absolute atomic E-state index is 0.0559. The molecule has 1 amide bonds. The van der Waals surface area contributed by atoms with Crippen LogP contribution in [0.3, 0.4) is 0 Å². The Bertz CT molecular complexity index is 986. The number of carbonyl (C=O) groups excluding carboxylic acids is 1. The SMILES string of the molecule is CC.CCN(CCC(=NC(C)C1=CC=C(F)C(F)=CC1)N(C)C)C(=O)CNCc1ccc(F)c(F)c1. The number of amidine groups is 1. The highest BCUT2D eigenvalue weighted by Gasteiger charge is 2.16. The molecule has 1 aliphatic rings. The van der Waals surface area contributed by atoms with E-state index in [1.807, 2.05) is 46.7 Å². The molecule has 0 radical (unpaired) electrons. The first-order valence-electron chi connectivity index (χ1n) is 12.2. The molecular formula is C27H38F4N4O. The Morgan fingerprint density at radius 2 is 1.78 bits per heavy atom. The molecule has 36 heavy (non-hydrogen) atoms. The highest BCUT2D eigenvalue weighted by atomic mass is 19.2. The first kappa shape index (κ1) is 31.1. The van der Waals surface area contributed by atoms with Crippen molar-refractivity contribution in [3.05, 3.63) is 70.9 Å². The van der Waals surface area contributed by atoms with Crippen LogP contribution in [0, 0.1) is 11.6 Å². The Kier molecular flexibility index (Phi) is 13.8. The molecule has 1 aromatic carbocycles. The Morgan fingerprint density at radius 1 is 1.08 bits per heavy atom. The molecule has 0 aliphatic heterocycles. The monoisotopic (exact) mass is 510 g/mol. The van der Waals surface area contributed by atoms with Gasteiger partial charge in [0.15, 0.2) is 23.3 Å². The van der Waals surface area contributed by atoms with Crippen molar-refractivity contribution in [1.29, 1.82) is 0 Å². The van der Waals surface area contributed by atoms with Crippen LogP contribution in [0.2, 0.25) is 0 Å². The number of allylic oxidation sites excluding steroid dienone is 5. The normalized spacial score (nSPS) is 14.5. The number of amides is 1. The number of halogens is 4. The van der Waals surface area contributed by atoms with Gasteiger partial charge in [0.1, 0.15) is 5.84 Å². The molecule has 5 nitrogen and oxygen atoms in total. The molecule has 0 fully saturated rings. The largest absolute Gasteiger partial charge is 0.366 e. The number of nitrogens with zero attached hydrogens (tertiary/aromatic N) is 3. The van der Waals surface area contributed by atoms with Gasteiger partial charge in [-0.15, -0.1) is 0 Å². The van der Waals surface area contributed by atoms with Crippen molar-refractivity contribution in [3.8, 4) is 0 Å². The van der Waals surface area contributed by atoms with Crippen molar-refractivity contribution in [2.75, 3.05) is 33.7 Å². The lowest BCUT2D eigenvalue weighted by atomic mass is 10.1. The van der Waals surface area contributed by atoms with Gasteiger partial charge in [-0.1, -0.05) is 26.0 Å². The summed E-state index contributed by atoms with van der Waals surface area (Å²) in [6.07, 6.45) is 4.64. The average molecular weight is 511 g/mol. The van der Waals surface area contributed by atoms with E-state index in [2.05, 4.69) is 5.32 Å². The maximum atomic E-state index is 13.5. The van der Waals surface area contributed by atoms with E-state index in [-0.39, 0.29) is 31.5 Å². The fourth-order valence-electron chi connectivity index (χ4n) is 3.42. The van der Waals surface area contributed by atoms with E-state index in [4.69, 9.17) is 4.99 Å². The lowest BCUT2D eigenvalue weighted by Gasteiger charge is -2.24. The third-order valence-electron chi connectivity index (χ3n) is 5.51. The van der Waals surface area contributed by atoms with Gasteiger partial charge < -0.3 is 15.1 Å². The number of hydrogen-bond donors (Lipinski definition) is 1. The number of carbonyl (C=O) groups is 1. The lowest BCUT2D eigenvalue weighted by Crippen LogP contribution is -2.40. The Balaban J connectivity index is 0.00000316. The van der Waals surface area contributed by atoms with Crippen molar-refractivity contribution in [2.45, 2.75) is 53.1 Å². The summed E-state index contributed by atoms with van der Waals surface area (Å²) in [5, 5.41) is 2.96. The number of likely N-dealkylation sites (N-methyl/N-ethyl adjacent to an activating group) is 1. The van der Waals surface area contributed by atoms with E-state index < -0.39 is 23.3 Å². The summed E-state index contributed by atoms with van der Waals surface area (Å²) in [7, 11) is 3.71. The van der Waals surface area contributed by atoms with Gasteiger partial charge in [0.05, 0.1) is 12.6 Å². The highest BCUT2D eigenvalue weighted by Crippen LogP contribution is 2.23. The van der Waals surface area contributed by atoms with Crippen LogP contribution in [0.4, 0.5) is 17.6 Å². The minimum Gasteiger partial charge on any atom is -0.366 e. The van der Waals surface area contributed by atoms with Gasteiger partial charge in [0.25, 0.3) is 0 Å². The predicted octanol–water partition coefficient (Wildman–Crippen LogP) is 5.70. The van der Waals surface area contributed by atoms with E-state index in [9.17, 15) is 22.4 Å². The van der Waals surface area contributed by atoms with Crippen molar-refractivity contribution < 1.29 is 22.4 Å². The molecule has 0 bridgehead atoms. The van der Waals surface area contributed by atoms with Gasteiger partial charge in [-0.25, -0.2) is 17.6 Å². The topological polar surface area (TPSA) is 47.9 Å². The third-order valence-corrected chi connectivity index (χ3v) is 5.51. The standard InChI is InChI=1S/C25H32F4N4O.C2H6/c1-5-33(25(34)16-30-15-18-6-9-22(28)23(29)14-18)13-12-24(32(3)4)31-17(2)19-7-10-20(26)21(27)11-8-19;1-2/h6-7,9-11,14,17,30H,5,8,12-13,15-16H2,1-4H3;1-2H3. The summed E-state index contributed by atoms with van der Waals surface area (Å²) < 4.78 is 53.3. The fourth-order valence-corrected chi connectivity index (χ4v) is 3.42. The Labute approximate surface area is 212 Å². The summed E-state index contributed by atoms with van der Waals surface area (Å²) in [5.41, 5.74) is 1.33. The molecule has 1 aliphatic carbocycles. The van der Waals surface area contributed by atoms with Gasteiger partial charge in [0.2, 0.25) is 5.91 Å². The smallest absolute Gasteiger partial charge is 0.236 e. The van der Waals surface area contributed by atoms with E-state index in [1.54, 1.807) is 11.0 Å². The maximum Gasteiger partial charge on any atom is 0.236 e. The number of rotatable bonds is 10. The molecule has 200 valence electrons. The lowest BCUT2D eigenvalue weighted by molar-refractivity contribution is -0.130. The molecule has 1 aromatic rings. The van der Waals surface area contributed by atoms with E-state index in [0.717, 1.165) is 29.6 Å². The molecule has 1 atom stereocenters. The minimum atomic E-state index is -0.924. The highest BCUT2D eigenvalue weighted by molar-refractivity contribution is 5.83. The zero-order valence-electron chi connectivity index (χ0n) is 22.0. The second-order valence-corrected chi connectivity index (χ2v) is 8.20. The van der Waals surface area contributed by atoms with Crippen LogP contribution in [0.1, 0.15) is 46.1 Å². The second-order valence-electron chi connectivity index (χ2n) is 8.20. The summed E-state index contributed by atoms with van der Waals surface area (Å²) in [5.74, 6) is -2.96. The number of nitrogens with one attached hydrogen (secondary N) is 1. The van der Waals surface area contributed by atoms with Crippen LogP contribution in [0.25, 0.3) is 0 Å². The summed E-state index contributed by atoms with van der Waals surface area (Å²) in [6.45, 7) is 8.97. The molecular weight excluding hydrogens is 472 g/mol. The Hall–Kier alpha value is -2.94. The number of hydrogen-bond acceptors (Lipinski definition) is 3. The van der Waals surface area contributed by atoms with Gasteiger partial charge in [-0.2, -0.15) is 0 Å². The van der Waals surface area contributed by atoms with Crippen LogP contribution in [0.15, 0.2) is 58.6 Å². The van der Waals surface area contributed by atoms with Crippen LogP contribution in [0.5, 0.6) is 0 Å². The van der Waals surface area contributed by atoms with Crippen molar-refractivity contribution in [1.82, 2.24) is 15.1 Å². The van der Waals surface area contributed by atoms with Crippen LogP contribution >= 0.6 is 0 Å². The molecule has 1 N–H and O–H groups in total. The number of aliphatic imine (C=N–C) groups is 1. The van der Waals surface area contributed by atoms with Gasteiger partial charge in [0, 0.05) is 40.2 Å². The van der Waals surface area contributed by atoms with Crippen LogP contribution in [-0.4, -0.2) is 61.3 Å². The van der Waals surface area contributed by atoms with Crippen molar-refractivity contribution in [2.24, 2.45) is 4.99 Å². The fraction of sp³-hybridized carbons (Fsp3) is 0.481. The Morgan fingerprint density at radius 3 is 2.39 bits per heavy atom. The van der Waals surface area contributed by atoms with Crippen LogP contribution < -0.4 is 5.32 Å². The predicted molar refractivity (Wildman–Crippen MR) is 138 cm³/mol. The average Bonchev–Trinajstić information content (AvgIpc) is 3.02. The summed E-state index contributed by atoms with van der Waals surface area (Å²) in [4.78, 5) is 20.9. The number of benzene rings is 1. The van der Waals surface area contributed by atoms with Crippen LogP contribution in [-0.2, 0) is 11.3 Å². The van der Waals surface area contributed by atoms with Gasteiger partial charge >= 0.3 is 0 Å². The molecule has 0 saturated carbocycles. The molecule has 2 rings (SSSR count).